The number of fused-ring (bicyclic) bond motifs is 2. The first-order valence-corrected chi connectivity index (χ1v) is 23.2. The van der Waals surface area contributed by atoms with Crippen LogP contribution in [0.25, 0.3) is 72.1 Å². The van der Waals surface area contributed by atoms with Gasteiger partial charge in [-0.05, 0) is 93.4 Å². The molecule has 0 aliphatic carbocycles. The molecular formula is C64H55N3. The Morgan fingerprint density at radius 1 is 0.493 bits per heavy atom. The zero-order valence-electron chi connectivity index (χ0n) is 38.7. The number of anilines is 2. The van der Waals surface area contributed by atoms with Crippen molar-refractivity contribution in [3.8, 4) is 45.0 Å². The van der Waals surface area contributed by atoms with Gasteiger partial charge in [0.1, 0.15) is 0 Å². The summed E-state index contributed by atoms with van der Waals surface area (Å²) >= 11 is 0. The molecule has 0 fully saturated rings. The zero-order chi connectivity index (χ0) is 46.1. The van der Waals surface area contributed by atoms with Gasteiger partial charge >= 0.3 is 0 Å². The molecule has 0 saturated carbocycles. The molecular weight excluding hydrogens is 811 g/mol. The van der Waals surface area contributed by atoms with Gasteiger partial charge in [-0.2, -0.15) is 0 Å². The average Bonchev–Trinajstić information content (AvgIpc) is 3.38. The van der Waals surface area contributed by atoms with Crippen LogP contribution in [0.1, 0.15) is 43.4 Å². The number of benzene rings is 9. The van der Waals surface area contributed by atoms with Crippen molar-refractivity contribution in [2.45, 2.75) is 39.7 Å². The van der Waals surface area contributed by atoms with Crippen LogP contribution in [0, 0.1) is 6.92 Å². The largest absolute Gasteiger partial charge is 0.335 e. The van der Waals surface area contributed by atoms with Crippen molar-refractivity contribution in [3.63, 3.8) is 0 Å². The topological polar surface area (TPSA) is 29.0 Å². The van der Waals surface area contributed by atoms with Gasteiger partial charge in [-0.1, -0.05) is 238 Å². The summed E-state index contributed by atoms with van der Waals surface area (Å²) in [6, 6.07) is 79.2. The molecule has 10 aromatic rings. The monoisotopic (exact) mass is 865 g/mol. The lowest BCUT2D eigenvalue weighted by Crippen LogP contribution is -2.28. The van der Waals surface area contributed by atoms with Crippen LogP contribution in [0.3, 0.4) is 0 Å². The van der Waals surface area contributed by atoms with E-state index in [1.165, 1.54) is 38.4 Å². The lowest BCUT2D eigenvalue weighted by atomic mass is 9.97. The van der Waals surface area contributed by atoms with Gasteiger partial charge in [-0.15, -0.1) is 0 Å². The maximum Gasteiger partial charge on any atom is 0.160 e. The second-order valence-corrected chi connectivity index (χ2v) is 17.3. The van der Waals surface area contributed by atoms with Crippen LogP contribution in [-0.4, -0.2) is 16.0 Å². The summed E-state index contributed by atoms with van der Waals surface area (Å²) in [7, 11) is 0. The fraction of sp³-hybridized carbons (Fsp3) is 0.0938. The van der Waals surface area contributed by atoms with Crippen LogP contribution in [0.2, 0.25) is 0 Å². The zero-order valence-corrected chi connectivity index (χ0v) is 38.7. The number of rotatable bonds is 11. The molecule has 0 radical (unpaired) electrons. The molecule has 9 aromatic carbocycles. The lowest BCUT2D eigenvalue weighted by molar-refractivity contribution is 0.821. The molecule has 0 N–H and O–H groups in total. The summed E-state index contributed by atoms with van der Waals surface area (Å²) in [4.78, 5) is 12.9. The van der Waals surface area contributed by atoms with Gasteiger partial charge in [0.15, 0.2) is 5.82 Å². The number of aryl methyl sites for hydroxylation is 1. The fourth-order valence-electron chi connectivity index (χ4n) is 8.95. The summed E-state index contributed by atoms with van der Waals surface area (Å²) in [5.74, 6) is 1.06. The number of nitrogens with zero attached hydrogens (tertiary/aromatic N) is 3. The minimum absolute atomic E-state index is 0.0478. The van der Waals surface area contributed by atoms with Crippen molar-refractivity contribution in [3.05, 3.63) is 260 Å². The highest BCUT2D eigenvalue weighted by Crippen LogP contribution is 2.38. The molecule has 1 heterocycles. The minimum atomic E-state index is 0.0478. The standard InChI is InChI=1S/C57H47N3.C7H8/c1-5-41(42-17-7-6-8-18-42)37-40(4)60(56-28-14-13-23-49(56)39(2)3)48-35-33-44(34-36-48)43-29-31-47(32-30-43)57-58-54(52-26-15-21-45-19-9-11-24-50(45)52)38-55(59-57)53-27-16-22-46-20-10-12-25-51(46)53;1-7-5-3-2-4-6-7/h5-40H,1H2,2-4H3;2-6H,1H3/b41-37+;. The van der Waals surface area contributed by atoms with E-state index in [1.54, 1.807) is 0 Å². The van der Waals surface area contributed by atoms with Crippen LogP contribution < -0.4 is 4.90 Å². The quantitative estimate of drug-likeness (QED) is 0.121. The Bertz CT molecular complexity index is 3190. The number of allylic oxidation sites excluding steroid dienone is 2. The molecule has 3 heteroatoms. The molecule has 1 unspecified atom stereocenters. The van der Waals surface area contributed by atoms with E-state index in [0.717, 1.165) is 56.0 Å². The molecule has 0 bridgehead atoms. The molecule has 0 aliphatic rings. The summed E-state index contributed by atoms with van der Waals surface area (Å²) in [6.45, 7) is 13.0. The highest BCUT2D eigenvalue weighted by molar-refractivity contribution is 5.99. The number of aromatic nitrogens is 2. The van der Waals surface area contributed by atoms with Crippen molar-refractivity contribution < 1.29 is 0 Å². The van der Waals surface area contributed by atoms with E-state index < -0.39 is 0 Å². The summed E-state index contributed by atoms with van der Waals surface area (Å²) < 4.78 is 0. The summed E-state index contributed by atoms with van der Waals surface area (Å²) in [5.41, 5.74) is 14.5. The maximum atomic E-state index is 5.25. The molecule has 1 aromatic heterocycles. The Morgan fingerprint density at radius 2 is 0.970 bits per heavy atom. The molecule has 0 amide bonds. The van der Waals surface area contributed by atoms with Gasteiger partial charge in [-0.3, -0.25) is 0 Å². The van der Waals surface area contributed by atoms with E-state index in [9.17, 15) is 0 Å². The van der Waals surface area contributed by atoms with Crippen LogP contribution in [-0.2, 0) is 0 Å². The van der Waals surface area contributed by atoms with Gasteiger partial charge in [0, 0.05) is 28.1 Å². The molecule has 0 saturated heterocycles. The Kier molecular flexibility index (Phi) is 13.4. The third-order valence-corrected chi connectivity index (χ3v) is 12.4. The molecule has 1 atom stereocenters. The maximum absolute atomic E-state index is 5.25. The first-order chi connectivity index (χ1) is 32.8. The van der Waals surface area contributed by atoms with E-state index >= 15 is 0 Å². The first-order valence-electron chi connectivity index (χ1n) is 23.2. The molecule has 67 heavy (non-hydrogen) atoms. The van der Waals surface area contributed by atoms with Crippen molar-refractivity contribution in [1.29, 1.82) is 0 Å². The van der Waals surface area contributed by atoms with Crippen LogP contribution in [0.15, 0.2) is 243 Å². The van der Waals surface area contributed by atoms with E-state index in [1.807, 2.05) is 24.3 Å². The molecule has 0 aliphatic heterocycles. The second kappa shape index (κ2) is 20.4. The Hall–Kier alpha value is -8.14. The van der Waals surface area contributed by atoms with Crippen LogP contribution in [0.4, 0.5) is 11.4 Å². The van der Waals surface area contributed by atoms with Gasteiger partial charge in [0.25, 0.3) is 0 Å². The van der Waals surface area contributed by atoms with Crippen LogP contribution in [0.5, 0.6) is 0 Å². The van der Waals surface area contributed by atoms with Gasteiger partial charge < -0.3 is 4.90 Å². The van der Waals surface area contributed by atoms with Crippen molar-refractivity contribution >= 4 is 38.5 Å². The smallest absolute Gasteiger partial charge is 0.160 e. The predicted molar refractivity (Wildman–Crippen MR) is 287 cm³/mol. The summed E-state index contributed by atoms with van der Waals surface area (Å²) in [5, 5.41) is 4.70. The Balaban J connectivity index is 0.000000737. The number of hydrogen-bond acceptors (Lipinski definition) is 3. The predicted octanol–water partition coefficient (Wildman–Crippen LogP) is 17.4. The van der Waals surface area contributed by atoms with Crippen LogP contribution >= 0.6 is 0 Å². The minimum Gasteiger partial charge on any atom is -0.335 e. The lowest BCUT2D eigenvalue weighted by Gasteiger charge is -2.33. The SMILES string of the molecule is C=C/C(=C\C(C)N(c1ccc(-c2ccc(-c3nc(-c4cccc5ccccc45)cc(-c4cccc5ccccc45)n3)cc2)cc1)c1ccccc1C(C)C)c1ccccc1.Cc1ccccc1. The van der Waals surface area contributed by atoms with Gasteiger partial charge in [0.2, 0.25) is 0 Å². The van der Waals surface area contributed by atoms with Crippen molar-refractivity contribution in [1.82, 2.24) is 9.97 Å². The van der Waals surface area contributed by atoms with Gasteiger partial charge in [0.05, 0.1) is 17.4 Å². The van der Waals surface area contributed by atoms with E-state index in [4.69, 9.17) is 9.97 Å². The highest BCUT2D eigenvalue weighted by atomic mass is 15.2. The second-order valence-electron chi connectivity index (χ2n) is 17.3. The Labute approximate surface area is 396 Å². The number of para-hydroxylation sites is 1. The van der Waals surface area contributed by atoms with E-state index in [2.05, 4.69) is 252 Å². The molecule has 3 nitrogen and oxygen atoms in total. The third kappa shape index (κ3) is 9.93. The molecule has 326 valence electrons. The normalized spacial score (nSPS) is 11.8. The van der Waals surface area contributed by atoms with Crippen molar-refractivity contribution in [2.24, 2.45) is 0 Å². The third-order valence-electron chi connectivity index (χ3n) is 12.4. The number of hydrogen-bond donors (Lipinski definition) is 0. The fourth-order valence-corrected chi connectivity index (χ4v) is 8.95. The van der Waals surface area contributed by atoms with E-state index in [-0.39, 0.29) is 6.04 Å². The highest BCUT2D eigenvalue weighted by Gasteiger charge is 2.21. The van der Waals surface area contributed by atoms with E-state index in [0.29, 0.717) is 11.7 Å². The first kappa shape index (κ1) is 44.1. The Morgan fingerprint density at radius 3 is 1.51 bits per heavy atom. The average molecular weight is 866 g/mol. The van der Waals surface area contributed by atoms with Crippen molar-refractivity contribution in [2.75, 3.05) is 4.90 Å². The summed E-state index contributed by atoms with van der Waals surface area (Å²) in [6.07, 6.45) is 4.27. The van der Waals surface area contributed by atoms with Gasteiger partial charge in [-0.25, -0.2) is 9.97 Å². The molecule has 0 spiro atoms. The molecule has 10 rings (SSSR count).